The summed E-state index contributed by atoms with van der Waals surface area (Å²) in [5.41, 5.74) is 1.01. The van der Waals surface area contributed by atoms with Crippen molar-refractivity contribution in [2.45, 2.75) is 6.61 Å². The molecule has 0 saturated heterocycles. The Hall–Kier alpha value is 0.0700. The molecule has 0 N–H and O–H groups in total. The Bertz CT molecular complexity index is 307. The molecule has 84 valence electrons. The largest absolute Gasteiger partial charge is 0.374 e. The molecule has 1 rings (SSSR count). The minimum absolute atomic E-state index is 0.522. The highest BCUT2D eigenvalue weighted by molar-refractivity contribution is 7.93. The monoisotopic (exact) mass is 266 g/mol. The van der Waals surface area contributed by atoms with Gasteiger partial charge in [-0.2, -0.15) is 0 Å². The van der Waals surface area contributed by atoms with Crippen LogP contribution in [0.4, 0.5) is 0 Å². The minimum Gasteiger partial charge on any atom is -0.374 e. The Labute approximate surface area is 104 Å². The van der Waals surface area contributed by atoms with Crippen molar-refractivity contribution in [3.8, 4) is 0 Å². The second-order valence-corrected chi connectivity index (χ2v) is 4.17. The third kappa shape index (κ3) is 5.09. The molecule has 5 heteroatoms. The van der Waals surface area contributed by atoms with E-state index in [1.807, 2.05) is 12.3 Å². The van der Waals surface area contributed by atoms with Crippen molar-refractivity contribution in [3.05, 3.63) is 33.8 Å². The maximum atomic E-state index is 5.86. The average Bonchev–Trinajstić information content (AvgIpc) is 2.23. The van der Waals surface area contributed by atoms with E-state index in [0.717, 1.165) is 5.56 Å². The van der Waals surface area contributed by atoms with Gasteiger partial charge in [-0.15, -0.1) is 0 Å². The highest BCUT2D eigenvalue weighted by Crippen LogP contribution is 2.22. The predicted molar refractivity (Wildman–Crippen MR) is 65.6 cm³/mol. The number of hydrogen-bond acceptors (Lipinski definition) is 3. The fourth-order valence-corrected chi connectivity index (χ4v) is 1.55. The molecule has 0 saturated carbocycles. The lowest BCUT2D eigenvalue weighted by molar-refractivity contribution is 0.0953. The summed E-state index contributed by atoms with van der Waals surface area (Å²) < 4.78 is 10.4. The Balaban J connectivity index is 2.28. The van der Waals surface area contributed by atoms with E-state index in [2.05, 4.69) is 0 Å². The van der Waals surface area contributed by atoms with E-state index < -0.39 is 0 Å². The molecule has 0 aliphatic rings. The van der Waals surface area contributed by atoms with E-state index in [9.17, 15) is 0 Å². The maximum absolute atomic E-state index is 5.86. The van der Waals surface area contributed by atoms with Crippen molar-refractivity contribution in [1.29, 1.82) is 0 Å². The molecule has 0 radical (unpaired) electrons. The van der Waals surface area contributed by atoms with Crippen molar-refractivity contribution in [3.63, 3.8) is 0 Å². The van der Waals surface area contributed by atoms with Crippen molar-refractivity contribution in [1.82, 2.24) is 0 Å². The van der Waals surface area contributed by atoms with E-state index in [0.29, 0.717) is 29.9 Å². The van der Waals surface area contributed by atoms with Crippen LogP contribution in [0.15, 0.2) is 18.2 Å². The first-order valence-corrected chi connectivity index (χ1v) is 6.32. The third-order valence-corrected chi connectivity index (χ3v) is 2.82. The van der Waals surface area contributed by atoms with Gasteiger partial charge in [-0.05, 0) is 29.7 Å². The number of ether oxygens (including phenoxy) is 1. The van der Waals surface area contributed by atoms with Crippen molar-refractivity contribution >= 4 is 35.2 Å². The van der Waals surface area contributed by atoms with Crippen LogP contribution >= 0.6 is 35.2 Å². The van der Waals surface area contributed by atoms with Gasteiger partial charge in [0.05, 0.1) is 29.9 Å². The summed E-state index contributed by atoms with van der Waals surface area (Å²) in [5, 5.41) is 1.12. The second-order valence-electron chi connectivity index (χ2n) is 2.79. The summed E-state index contributed by atoms with van der Waals surface area (Å²) in [4.78, 5) is 0. The summed E-state index contributed by atoms with van der Waals surface area (Å²) in [7, 11) is 0. The standard InChI is InChI=1S/C10H12Cl2O2S/c1-15-14-5-4-13-7-8-2-3-9(11)10(12)6-8/h2-3,6H,4-5,7H2,1H3. The molecule has 0 bridgehead atoms. The molecule has 15 heavy (non-hydrogen) atoms. The van der Waals surface area contributed by atoms with Crippen LogP contribution in [0, 0.1) is 0 Å². The topological polar surface area (TPSA) is 18.5 Å². The summed E-state index contributed by atoms with van der Waals surface area (Å²) >= 11 is 13.0. The van der Waals surface area contributed by atoms with Crippen LogP contribution in [-0.2, 0) is 15.5 Å². The highest BCUT2D eigenvalue weighted by Gasteiger charge is 1.99. The van der Waals surface area contributed by atoms with Gasteiger partial charge in [0.25, 0.3) is 0 Å². The second kappa shape index (κ2) is 7.36. The molecule has 0 amide bonds. The van der Waals surface area contributed by atoms with Crippen molar-refractivity contribution < 1.29 is 8.92 Å². The Morgan fingerprint density at radius 2 is 2.00 bits per heavy atom. The fourth-order valence-electron chi connectivity index (χ4n) is 0.996. The van der Waals surface area contributed by atoms with Gasteiger partial charge in [0.1, 0.15) is 0 Å². The van der Waals surface area contributed by atoms with E-state index in [-0.39, 0.29) is 0 Å². The molecule has 0 fully saturated rings. The van der Waals surface area contributed by atoms with Gasteiger partial charge in [0, 0.05) is 6.26 Å². The predicted octanol–water partition coefficient (Wildman–Crippen LogP) is 3.80. The Kier molecular flexibility index (Phi) is 6.45. The van der Waals surface area contributed by atoms with Crippen LogP contribution in [-0.4, -0.2) is 19.5 Å². The van der Waals surface area contributed by atoms with Crippen LogP contribution in [0.2, 0.25) is 10.0 Å². The average molecular weight is 267 g/mol. The maximum Gasteiger partial charge on any atom is 0.0847 e. The molecule has 0 aromatic heterocycles. The first-order chi connectivity index (χ1) is 7.24. The normalized spacial score (nSPS) is 10.6. The van der Waals surface area contributed by atoms with Gasteiger partial charge in [-0.25, -0.2) is 0 Å². The smallest absolute Gasteiger partial charge is 0.0847 e. The third-order valence-electron chi connectivity index (χ3n) is 1.68. The van der Waals surface area contributed by atoms with Gasteiger partial charge >= 0.3 is 0 Å². The molecule has 0 heterocycles. The van der Waals surface area contributed by atoms with Crippen molar-refractivity contribution in [2.24, 2.45) is 0 Å². The summed E-state index contributed by atoms with van der Waals surface area (Å²) in [6.07, 6.45) is 1.87. The Morgan fingerprint density at radius 3 is 2.67 bits per heavy atom. The molecule has 2 nitrogen and oxygen atoms in total. The molecule has 0 aliphatic carbocycles. The van der Waals surface area contributed by atoms with Crippen molar-refractivity contribution in [2.75, 3.05) is 19.5 Å². The molecule has 1 aromatic carbocycles. The number of hydrogen-bond donors (Lipinski definition) is 0. The lowest BCUT2D eigenvalue weighted by Crippen LogP contribution is -2.00. The van der Waals surface area contributed by atoms with Crippen LogP contribution in [0.25, 0.3) is 0 Å². The van der Waals surface area contributed by atoms with E-state index in [1.165, 1.54) is 12.0 Å². The lowest BCUT2D eigenvalue weighted by Gasteiger charge is -2.05. The van der Waals surface area contributed by atoms with E-state index >= 15 is 0 Å². The molecule has 0 aliphatic heterocycles. The number of benzene rings is 1. The van der Waals surface area contributed by atoms with E-state index in [4.69, 9.17) is 32.1 Å². The van der Waals surface area contributed by atoms with E-state index in [1.54, 1.807) is 12.1 Å². The minimum atomic E-state index is 0.522. The summed E-state index contributed by atoms with van der Waals surface area (Å²) in [6.45, 7) is 1.68. The molecule has 1 aromatic rings. The zero-order valence-corrected chi connectivity index (χ0v) is 10.7. The van der Waals surface area contributed by atoms with Crippen LogP contribution in [0.5, 0.6) is 0 Å². The van der Waals surface area contributed by atoms with Gasteiger partial charge in [-0.3, -0.25) is 0 Å². The molecule has 0 unspecified atom stereocenters. The summed E-state index contributed by atoms with van der Waals surface area (Å²) in [5.74, 6) is 0. The lowest BCUT2D eigenvalue weighted by atomic mass is 10.2. The first kappa shape index (κ1) is 13.1. The van der Waals surface area contributed by atoms with Gasteiger partial charge in [0.2, 0.25) is 0 Å². The summed E-state index contributed by atoms with van der Waals surface area (Å²) in [6, 6.07) is 5.46. The van der Waals surface area contributed by atoms with Crippen LogP contribution in [0.3, 0.4) is 0 Å². The van der Waals surface area contributed by atoms with Gasteiger partial charge in [0.15, 0.2) is 0 Å². The highest BCUT2D eigenvalue weighted by atomic mass is 35.5. The molecule has 0 spiro atoms. The Morgan fingerprint density at radius 1 is 1.20 bits per heavy atom. The number of rotatable bonds is 6. The zero-order valence-electron chi connectivity index (χ0n) is 8.33. The van der Waals surface area contributed by atoms with Gasteiger partial charge in [-0.1, -0.05) is 29.3 Å². The fraction of sp³-hybridized carbons (Fsp3) is 0.400. The first-order valence-electron chi connectivity index (χ1n) is 4.41. The van der Waals surface area contributed by atoms with Gasteiger partial charge < -0.3 is 8.92 Å². The molecular weight excluding hydrogens is 255 g/mol. The SMILES string of the molecule is CSOCCOCc1ccc(Cl)c(Cl)c1. The molecule has 0 atom stereocenters. The zero-order chi connectivity index (χ0) is 11.1. The number of halogens is 2. The quantitative estimate of drug-likeness (QED) is 0.577. The molecular formula is C10H12Cl2O2S. The van der Waals surface area contributed by atoms with Crippen LogP contribution in [0.1, 0.15) is 5.56 Å². The van der Waals surface area contributed by atoms with Crippen LogP contribution < -0.4 is 0 Å².